The van der Waals surface area contributed by atoms with E-state index in [2.05, 4.69) is 29.1 Å². The Kier molecular flexibility index (Phi) is 4.51. The highest BCUT2D eigenvalue weighted by Crippen LogP contribution is 2.24. The number of rotatable bonds is 5. The molecular weight excluding hydrogens is 302 g/mol. The quantitative estimate of drug-likeness (QED) is 0.752. The fourth-order valence-corrected chi connectivity index (χ4v) is 2.72. The number of methoxy groups -OCH3 is 1. The Morgan fingerprint density at radius 3 is 2.54 bits per heavy atom. The molecule has 5 nitrogen and oxygen atoms in total. The molecule has 124 valence electrons. The van der Waals surface area contributed by atoms with E-state index in [1.54, 1.807) is 19.2 Å². The number of ether oxygens (including phenoxy) is 1. The second kappa shape index (κ2) is 6.74. The summed E-state index contributed by atoms with van der Waals surface area (Å²) in [6, 6.07) is 14.8. The molecule has 1 amide bonds. The van der Waals surface area contributed by atoms with Gasteiger partial charge in [0.15, 0.2) is 0 Å². The minimum Gasteiger partial charge on any atom is -0.496 e. The number of benzene rings is 2. The van der Waals surface area contributed by atoms with Gasteiger partial charge >= 0.3 is 0 Å². The molecule has 0 bridgehead atoms. The summed E-state index contributed by atoms with van der Waals surface area (Å²) < 4.78 is 5.28. The first-order valence-electron chi connectivity index (χ1n) is 7.98. The Hall–Kier alpha value is -2.82. The fraction of sp³-hybridized carbons (Fsp3) is 0.263. The van der Waals surface area contributed by atoms with Gasteiger partial charge < -0.3 is 15.0 Å². The summed E-state index contributed by atoms with van der Waals surface area (Å²) in [5.74, 6) is 1.33. The molecular formula is C19H21N3O2. The van der Waals surface area contributed by atoms with Crippen molar-refractivity contribution in [2.75, 3.05) is 7.11 Å². The van der Waals surface area contributed by atoms with Crippen LogP contribution in [0.1, 0.15) is 36.1 Å². The number of aromatic amines is 1. The maximum atomic E-state index is 12.7. The summed E-state index contributed by atoms with van der Waals surface area (Å²) in [6.07, 6.45) is 0. The standard InChI is InChI=1S/C19H21N3O2/c1-12(2)17(18-20-14-9-5-6-10-15(14)21-18)22-19(23)13-8-4-7-11-16(13)24-3/h4-12,17H,1-3H3,(H,20,21)(H,22,23)/t17-/m1/s1. The number of H-pyrrole nitrogens is 1. The Morgan fingerprint density at radius 1 is 1.12 bits per heavy atom. The van der Waals surface area contributed by atoms with Crippen LogP contribution < -0.4 is 10.1 Å². The lowest BCUT2D eigenvalue weighted by molar-refractivity contribution is 0.0920. The maximum absolute atomic E-state index is 12.7. The summed E-state index contributed by atoms with van der Waals surface area (Å²) >= 11 is 0. The molecule has 24 heavy (non-hydrogen) atoms. The molecule has 5 heteroatoms. The Bertz CT molecular complexity index is 821. The van der Waals surface area contributed by atoms with Crippen LogP contribution in [-0.4, -0.2) is 23.0 Å². The first-order chi connectivity index (χ1) is 11.6. The molecule has 0 spiro atoms. The molecule has 2 aromatic carbocycles. The minimum absolute atomic E-state index is 0.174. The van der Waals surface area contributed by atoms with Gasteiger partial charge in [-0.2, -0.15) is 0 Å². The number of nitrogens with one attached hydrogen (secondary N) is 2. The zero-order valence-corrected chi connectivity index (χ0v) is 14.0. The molecule has 0 saturated carbocycles. The number of carbonyl (C=O) groups excluding carboxylic acids is 1. The second-order valence-corrected chi connectivity index (χ2v) is 6.03. The van der Waals surface area contributed by atoms with Crippen molar-refractivity contribution in [2.45, 2.75) is 19.9 Å². The van der Waals surface area contributed by atoms with Crippen molar-refractivity contribution in [1.82, 2.24) is 15.3 Å². The van der Waals surface area contributed by atoms with E-state index in [1.165, 1.54) is 0 Å². The molecule has 0 unspecified atom stereocenters. The van der Waals surface area contributed by atoms with Crippen molar-refractivity contribution in [3.8, 4) is 5.75 Å². The smallest absolute Gasteiger partial charge is 0.255 e. The van der Waals surface area contributed by atoms with Gasteiger partial charge in [-0.25, -0.2) is 4.98 Å². The third-order valence-corrected chi connectivity index (χ3v) is 4.01. The second-order valence-electron chi connectivity index (χ2n) is 6.03. The van der Waals surface area contributed by atoms with E-state index < -0.39 is 0 Å². The van der Waals surface area contributed by atoms with Crippen molar-refractivity contribution in [2.24, 2.45) is 5.92 Å². The van der Waals surface area contributed by atoms with E-state index in [0.717, 1.165) is 16.9 Å². The number of hydrogen-bond donors (Lipinski definition) is 2. The zero-order chi connectivity index (χ0) is 17.1. The zero-order valence-electron chi connectivity index (χ0n) is 14.0. The lowest BCUT2D eigenvalue weighted by Crippen LogP contribution is -2.32. The average Bonchev–Trinajstić information content (AvgIpc) is 3.02. The van der Waals surface area contributed by atoms with Gasteiger partial charge in [-0.1, -0.05) is 38.1 Å². The Morgan fingerprint density at radius 2 is 1.83 bits per heavy atom. The summed E-state index contributed by atoms with van der Waals surface area (Å²) in [7, 11) is 1.56. The van der Waals surface area contributed by atoms with E-state index in [-0.39, 0.29) is 17.9 Å². The van der Waals surface area contributed by atoms with E-state index in [1.807, 2.05) is 36.4 Å². The van der Waals surface area contributed by atoms with Gasteiger partial charge in [0.2, 0.25) is 0 Å². The summed E-state index contributed by atoms with van der Waals surface area (Å²) in [5.41, 5.74) is 2.37. The van der Waals surface area contributed by atoms with Gasteiger partial charge in [-0.05, 0) is 30.2 Å². The van der Waals surface area contributed by atoms with Crippen LogP contribution in [0.3, 0.4) is 0 Å². The summed E-state index contributed by atoms with van der Waals surface area (Å²) in [4.78, 5) is 20.6. The number of para-hydroxylation sites is 3. The van der Waals surface area contributed by atoms with Crippen molar-refractivity contribution < 1.29 is 9.53 Å². The molecule has 0 aliphatic rings. The van der Waals surface area contributed by atoms with Crippen LogP contribution in [0.5, 0.6) is 5.75 Å². The van der Waals surface area contributed by atoms with E-state index >= 15 is 0 Å². The molecule has 2 N–H and O–H groups in total. The molecule has 0 saturated heterocycles. The number of hydrogen-bond acceptors (Lipinski definition) is 3. The Balaban J connectivity index is 1.90. The largest absolute Gasteiger partial charge is 0.496 e. The number of carbonyl (C=O) groups is 1. The minimum atomic E-state index is -0.213. The van der Waals surface area contributed by atoms with Gasteiger partial charge in [0.25, 0.3) is 5.91 Å². The van der Waals surface area contributed by atoms with Crippen LogP contribution in [0.2, 0.25) is 0 Å². The van der Waals surface area contributed by atoms with Gasteiger partial charge in [0, 0.05) is 0 Å². The van der Waals surface area contributed by atoms with Crippen molar-refractivity contribution in [1.29, 1.82) is 0 Å². The molecule has 1 atom stereocenters. The molecule has 1 aromatic heterocycles. The molecule has 0 aliphatic carbocycles. The highest BCUT2D eigenvalue weighted by atomic mass is 16.5. The lowest BCUT2D eigenvalue weighted by Gasteiger charge is -2.21. The number of fused-ring (bicyclic) bond motifs is 1. The third kappa shape index (κ3) is 3.11. The normalized spacial score (nSPS) is 12.3. The van der Waals surface area contributed by atoms with Crippen LogP contribution in [-0.2, 0) is 0 Å². The van der Waals surface area contributed by atoms with Crippen LogP contribution >= 0.6 is 0 Å². The van der Waals surface area contributed by atoms with E-state index in [9.17, 15) is 4.79 Å². The topological polar surface area (TPSA) is 67.0 Å². The van der Waals surface area contributed by atoms with Crippen LogP contribution in [0.25, 0.3) is 11.0 Å². The SMILES string of the molecule is COc1ccccc1C(=O)N[C@@H](c1nc2ccccc2[nH]1)C(C)C. The molecule has 0 aliphatic heterocycles. The van der Waals surface area contributed by atoms with E-state index in [4.69, 9.17) is 4.74 Å². The molecule has 3 rings (SSSR count). The first kappa shape index (κ1) is 16.1. The molecule has 0 radical (unpaired) electrons. The van der Waals surface area contributed by atoms with Crippen LogP contribution in [0.4, 0.5) is 0 Å². The van der Waals surface area contributed by atoms with Gasteiger partial charge in [-0.15, -0.1) is 0 Å². The van der Waals surface area contributed by atoms with Crippen molar-refractivity contribution in [3.63, 3.8) is 0 Å². The Labute approximate surface area is 141 Å². The average molecular weight is 323 g/mol. The van der Waals surface area contributed by atoms with Crippen LogP contribution in [0, 0.1) is 5.92 Å². The highest BCUT2D eigenvalue weighted by molar-refractivity contribution is 5.97. The number of imidazole rings is 1. The number of nitrogens with zero attached hydrogens (tertiary/aromatic N) is 1. The number of aromatic nitrogens is 2. The summed E-state index contributed by atoms with van der Waals surface area (Å²) in [5, 5.41) is 3.07. The predicted octanol–water partition coefficient (Wildman–Crippen LogP) is 3.70. The lowest BCUT2D eigenvalue weighted by atomic mass is 10.0. The van der Waals surface area contributed by atoms with Gasteiger partial charge in [0.05, 0.1) is 29.7 Å². The van der Waals surface area contributed by atoms with Crippen molar-refractivity contribution >= 4 is 16.9 Å². The monoisotopic (exact) mass is 323 g/mol. The van der Waals surface area contributed by atoms with Gasteiger partial charge in [0.1, 0.15) is 11.6 Å². The molecule has 3 aromatic rings. The first-order valence-corrected chi connectivity index (χ1v) is 7.98. The summed E-state index contributed by atoms with van der Waals surface area (Å²) in [6.45, 7) is 4.11. The third-order valence-electron chi connectivity index (χ3n) is 4.01. The number of amides is 1. The predicted molar refractivity (Wildman–Crippen MR) is 94.1 cm³/mol. The van der Waals surface area contributed by atoms with Crippen molar-refractivity contribution in [3.05, 3.63) is 59.9 Å². The van der Waals surface area contributed by atoms with E-state index in [0.29, 0.717) is 11.3 Å². The fourth-order valence-electron chi connectivity index (χ4n) is 2.72. The van der Waals surface area contributed by atoms with Gasteiger partial charge in [-0.3, -0.25) is 4.79 Å². The molecule has 0 fully saturated rings. The highest BCUT2D eigenvalue weighted by Gasteiger charge is 2.23. The molecule has 1 heterocycles. The maximum Gasteiger partial charge on any atom is 0.255 e. The van der Waals surface area contributed by atoms with Crippen LogP contribution in [0.15, 0.2) is 48.5 Å².